The summed E-state index contributed by atoms with van der Waals surface area (Å²) in [4.78, 5) is 2.64. The van der Waals surface area contributed by atoms with Crippen LogP contribution >= 0.6 is 0 Å². The molecular weight excluding hydrogens is 184 g/mol. The first-order valence-electron chi connectivity index (χ1n) is 6.71. The number of nitrogens with one attached hydrogen (secondary N) is 1. The molecule has 1 aliphatic heterocycles. The Balaban J connectivity index is 2.22. The molecule has 0 aromatic heterocycles. The van der Waals surface area contributed by atoms with Crippen LogP contribution in [0.2, 0.25) is 0 Å². The molecule has 2 heteroatoms. The average Bonchev–Trinajstić information content (AvgIpc) is 2.69. The van der Waals surface area contributed by atoms with E-state index in [-0.39, 0.29) is 0 Å². The largest absolute Gasteiger partial charge is 0.313 e. The summed E-state index contributed by atoms with van der Waals surface area (Å²) in [6.45, 7) is 10.7. The molecule has 1 aliphatic rings. The zero-order valence-corrected chi connectivity index (χ0v) is 10.8. The smallest absolute Gasteiger partial charge is 0.0195 e. The van der Waals surface area contributed by atoms with E-state index in [0.717, 1.165) is 6.04 Å². The molecule has 1 heterocycles. The highest BCUT2D eigenvalue weighted by molar-refractivity contribution is 4.79. The van der Waals surface area contributed by atoms with E-state index in [4.69, 9.17) is 0 Å². The maximum absolute atomic E-state index is 3.59. The lowest BCUT2D eigenvalue weighted by Gasteiger charge is -2.29. The predicted molar refractivity (Wildman–Crippen MR) is 67.3 cm³/mol. The normalized spacial score (nSPS) is 21.8. The molecule has 1 rings (SSSR count). The molecule has 0 aliphatic carbocycles. The number of hydrogen-bond acceptors (Lipinski definition) is 2. The van der Waals surface area contributed by atoms with Gasteiger partial charge in [-0.25, -0.2) is 0 Å². The highest BCUT2D eigenvalue weighted by Crippen LogP contribution is 2.10. The van der Waals surface area contributed by atoms with Crippen LogP contribution < -0.4 is 5.32 Å². The maximum atomic E-state index is 3.59. The maximum Gasteiger partial charge on any atom is 0.0195 e. The van der Waals surface area contributed by atoms with Gasteiger partial charge >= 0.3 is 0 Å². The van der Waals surface area contributed by atoms with Crippen LogP contribution in [0.3, 0.4) is 0 Å². The van der Waals surface area contributed by atoms with Gasteiger partial charge in [0.1, 0.15) is 0 Å². The minimum atomic E-state index is 0.698. The van der Waals surface area contributed by atoms with Crippen molar-refractivity contribution < 1.29 is 0 Å². The molecule has 1 saturated heterocycles. The van der Waals surface area contributed by atoms with Crippen molar-refractivity contribution in [3.8, 4) is 0 Å². The van der Waals surface area contributed by atoms with E-state index in [9.17, 15) is 0 Å². The lowest BCUT2D eigenvalue weighted by atomic mass is 10.1. The highest BCUT2D eigenvalue weighted by atomic mass is 15.2. The monoisotopic (exact) mass is 212 g/mol. The lowest BCUT2D eigenvalue weighted by Crippen LogP contribution is -2.41. The fourth-order valence-electron chi connectivity index (χ4n) is 2.32. The topological polar surface area (TPSA) is 15.3 Å². The SMILES string of the molecule is CCCCCN(C[C@@H]1CCCN1)C(C)C. The predicted octanol–water partition coefficient (Wildman–Crippen LogP) is 2.64. The summed E-state index contributed by atoms with van der Waals surface area (Å²) in [5.74, 6) is 0. The summed E-state index contributed by atoms with van der Waals surface area (Å²) in [5.41, 5.74) is 0. The van der Waals surface area contributed by atoms with Crippen molar-refractivity contribution in [1.29, 1.82) is 0 Å². The van der Waals surface area contributed by atoms with Gasteiger partial charge in [0, 0.05) is 18.6 Å². The summed E-state index contributed by atoms with van der Waals surface area (Å²) < 4.78 is 0. The quantitative estimate of drug-likeness (QED) is 0.653. The highest BCUT2D eigenvalue weighted by Gasteiger charge is 2.18. The summed E-state index contributed by atoms with van der Waals surface area (Å²) in [6.07, 6.45) is 6.80. The van der Waals surface area contributed by atoms with Gasteiger partial charge in [0.05, 0.1) is 0 Å². The minimum Gasteiger partial charge on any atom is -0.313 e. The standard InChI is InChI=1S/C13H28N2/c1-4-5-6-10-15(12(2)3)11-13-8-7-9-14-13/h12-14H,4-11H2,1-3H3/t13-/m0/s1. The molecule has 1 atom stereocenters. The van der Waals surface area contributed by atoms with Gasteiger partial charge in [-0.05, 0) is 46.2 Å². The molecule has 90 valence electrons. The molecule has 1 fully saturated rings. The van der Waals surface area contributed by atoms with Crippen LogP contribution in [0.4, 0.5) is 0 Å². The van der Waals surface area contributed by atoms with Gasteiger partial charge in [-0.2, -0.15) is 0 Å². The first-order chi connectivity index (χ1) is 7.24. The van der Waals surface area contributed by atoms with E-state index in [0.29, 0.717) is 6.04 Å². The van der Waals surface area contributed by atoms with Crippen LogP contribution in [0.25, 0.3) is 0 Å². The Bertz CT molecular complexity index is 151. The van der Waals surface area contributed by atoms with Gasteiger partial charge in [0.15, 0.2) is 0 Å². The molecule has 2 nitrogen and oxygen atoms in total. The van der Waals surface area contributed by atoms with Gasteiger partial charge < -0.3 is 5.32 Å². The number of unbranched alkanes of at least 4 members (excludes halogenated alkanes) is 2. The van der Waals surface area contributed by atoms with Crippen LogP contribution in [0.1, 0.15) is 52.9 Å². The third-order valence-corrected chi connectivity index (χ3v) is 3.40. The zero-order valence-electron chi connectivity index (χ0n) is 10.8. The molecule has 0 spiro atoms. The molecule has 0 bridgehead atoms. The zero-order chi connectivity index (χ0) is 11.1. The second-order valence-corrected chi connectivity index (χ2v) is 5.09. The van der Waals surface area contributed by atoms with Gasteiger partial charge in [0.2, 0.25) is 0 Å². The molecule has 1 N–H and O–H groups in total. The van der Waals surface area contributed by atoms with Crippen molar-refractivity contribution in [3.05, 3.63) is 0 Å². The Kier molecular flexibility index (Phi) is 6.26. The van der Waals surface area contributed by atoms with Gasteiger partial charge in [-0.15, -0.1) is 0 Å². The lowest BCUT2D eigenvalue weighted by molar-refractivity contribution is 0.198. The van der Waals surface area contributed by atoms with E-state index in [1.807, 2.05) is 0 Å². The van der Waals surface area contributed by atoms with Crippen molar-refractivity contribution >= 4 is 0 Å². The molecule has 0 aromatic rings. The fourth-order valence-corrected chi connectivity index (χ4v) is 2.32. The van der Waals surface area contributed by atoms with Gasteiger partial charge in [-0.1, -0.05) is 19.8 Å². The molecule has 0 saturated carbocycles. The second-order valence-electron chi connectivity index (χ2n) is 5.09. The first-order valence-corrected chi connectivity index (χ1v) is 6.71. The van der Waals surface area contributed by atoms with Crippen molar-refractivity contribution in [2.24, 2.45) is 0 Å². The Morgan fingerprint density at radius 3 is 2.67 bits per heavy atom. The molecule has 0 radical (unpaired) electrons. The summed E-state index contributed by atoms with van der Waals surface area (Å²) in [6, 6.07) is 1.46. The van der Waals surface area contributed by atoms with Crippen molar-refractivity contribution in [3.63, 3.8) is 0 Å². The minimum absolute atomic E-state index is 0.698. The Labute approximate surface area is 95.4 Å². The van der Waals surface area contributed by atoms with E-state index < -0.39 is 0 Å². The first kappa shape index (κ1) is 13.0. The number of nitrogens with zero attached hydrogens (tertiary/aromatic N) is 1. The second kappa shape index (κ2) is 7.24. The van der Waals surface area contributed by atoms with Crippen LogP contribution in [0.15, 0.2) is 0 Å². The van der Waals surface area contributed by atoms with Crippen LogP contribution in [-0.2, 0) is 0 Å². The third-order valence-electron chi connectivity index (χ3n) is 3.40. The van der Waals surface area contributed by atoms with E-state index in [1.54, 1.807) is 0 Å². The Morgan fingerprint density at radius 1 is 1.33 bits per heavy atom. The summed E-state index contributed by atoms with van der Waals surface area (Å²) >= 11 is 0. The van der Waals surface area contributed by atoms with E-state index >= 15 is 0 Å². The van der Waals surface area contributed by atoms with Crippen molar-refractivity contribution in [1.82, 2.24) is 10.2 Å². The molecule has 15 heavy (non-hydrogen) atoms. The summed E-state index contributed by atoms with van der Waals surface area (Å²) in [7, 11) is 0. The summed E-state index contributed by atoms with van der Waals surface area (Å²) in [5, 5.41) is 3.59. The number of hydrogen-bond donors (Lipinski definition) is 1. The van der Waals surface area contributed by atoms with Gasteiger partial charge in [-0.3, -0.25) is 4.90 Å². The van der Waals surface area contributed by atoms with Gasteiger partial charge in [0.25, 0.3) is 0 Å². The molecule has 0 aromatic carbocycles. The number of rotatable bonds is 7. The Morgan fingerprint density at radius 2 is 2.13 bits per heavy atom. The van der Waals surface area contributed by atoms with Crippen LogP contribution in [0, 0.1) is 0 Å². The Hall–Kier alpha value is -0.0800. The molecule has 0 amide bonds. The van der Waals surface area contributed by atoms with E-state index in [1.165, 1.54) is 51.7 Å². The molecular formula is C13H28N2. The van der Waals surface area contributed by atoms with Crippen molar-refractivity contribution in [2.75, 3.05) is 19.6 Å². The van der Waals surface area contributed by atoms with Crippen molar-refractivity contribution in [2.45, 2.75) is 65.0 Å². The van der Waals surface area contributed by atoms with Crippen LogP contribution in [-0.4, -0.2) is 36.6 Å². The van der Waals surface area contributed by atoms with Crippen LogP contribution in [0.5, 0.6) is 0 Å². The fraction of sp³-hybridized carbons (Fsp3) is 1.00. The average molecular weight is 212 g/mol. The molecule has 0 unspecified atom stereocenters. The third kappa shape index (κ3) is 4.98. The van der Waals surface area contributed by atoms with E-state index in [2.05, 4.69) is 31.0 Å².